The van der Waals surface area contributed by atoms with Crippen LogP contribution in [0.4, 0.5) is 13.2 Å². The first-order chi connectivity index (χ1) is 7.74. The zero-order valence-electron chi connectivity index (χ0n) is 9.42. The molecule has 5 nitrogen and oxygen atoms in total. The van der Waals surface area contributed by atoms with Crippen molar-refractivity contribution >= 4 is 10.2 Å². The molecule has 1 heterocycles. The summed E-state index contributed by atoms with van der Waals surface area (Å²) in [7, 11) is -2.34. The van der Waals surface area contributed by atoms with E-state index in [2.05, 4.69) is 5.32 Å². The summed E-state index contributed by atoms with van der Waals surface area (Å²) in [5, 5.41) is 2.92. The molecule has 2 N–H and O–H groups in total. The molecule has 0 radical (unpaired) electrons. The third kappa shape index (κ3) is 4.78. The predicted octanol–water partition coefficient (Wildman–Crippen LogP) is 0.0669. The van der Waals surface area contributed by atoms with Crippen LogP contribution in [0.3, 0.4) is 0 Å². The number of likely N-dealkylation sites (N-methyl/N-ethyl adjacent to an activating group) is 1. The Morgan fingerprint density at radius 2 is 2.06 bits per heavy atom. The van der Waals surface area contributed by atoms with E-state index in [-0.39, 0.29) is 19.1 Å². The molecule has 0 aromatic carbocycles. The first-order valence-electron chi connectivity index (χ1n) is 5.23. The molecule has 0 amide bonds. The topological polar surface area (TPSA) is 61.4 Å². The molecule has 1 saturated heterocycles. The maximum Gasteiger partial charge on any atom is 0.402 e. The van der Waals surface area contributed by atoms with E-state index in [0.29, 0.717) is 6.42 Å². The zero-order chi connectivity index (χ0) is 13.1. The van der Waals surface area contributed by atoms with Crippen molar-refractivity contribution in [3.8, 4) is 0 Å². The number of alkyl halides is 3. The van der Waals surface area contributed by atoms with Gasteiger partial charge in [0.1, 0.15) is 6.54 Å². The standard InChI is InChI=1S/C8H16F3N3O2S/c1-12-7-3-2-4-14(5-7)17(15,16)13-6-8(9,10)11/h7,12-13H,2-6H2,1H3. The molecule has 0 aromatic heterocycles. The lowest BCUT2D eigenvalue weighted by Gasteiger charge is -2.31. The van der Waals surface area contributed by atoms with Crippen LogP contribution in [0, 0.1) is 0 Å². The molecule has 1 rings (SSSR count). The Hall–Kier alpha value is -0.380. The third-order valence-electron chi connectivity index (χ3n) is 2.59. The van der Waals surface area contributed by atoms with Crippen molar-refractivity contribution in [2.75, 3.05) is 26.7 Å². The van der Waals surface area contributed by atoms with Gasteiger partial charge >= 0.3 is 6.18 Å². The summed E-state index contributed by atoms with van der Waals surface area (Å²) in [4.78, 5) is 0. The first kappa shape index (κ1) is 14.7. The summed E-state index contributed by atoms with van der Waals surface area (Å²) in [6.07, 6.45) is -3.08. The fourth-order valence-corrected chi connectivity index (χ4v) is 2.93. The number of piperidine rings is 1. The minimum Gasteiger partial charge on any atom is -0.316 e. The van der Waals surface area contributed by atoms with Gasteiger partial charge in [0, 0.05) is 19.1 Å². The summed E-state index contributed by atoms with van der Waals surface area (Å²) in [6.45, 7) is -1.08. The molecule has 1 aliphatic rings. The number of nitrogens with zero attached hydrogens (tertiary/aromatic N) is 1. The van der Waals surface area contributed by atoms with Crippen LogP contribution in [0.5, 0.6) is 0 Å². The number of nitrogens with one attached hydrogen (secondary N) is 2. The number of halogens is 3. The number of rotatable bonds is 4. The lowest BCUT2D eigenvalue weighted by Crippen LogP contribution is -2.51. The van der Waals surface area contributed by atoms with Gasteiger partial charge in [-0.2, -0.15) is 30.6 Å². The smallest absolute Gasteiger partial charge is 0.316 e. The highest BCUT2D eigenvalue weighted by Crippen LogP contribution is 2.16. The van der Waals surface area contributed by atoms with Gasteiger partial charge in [-0.3, -0.25) is 0 Å². The highest BCUT2D eigenvalue weighted by Gasteiger charge is 2.33. The van der Waals surface area contributed by atoms with Gasteiger partial charge in [0.2, 0.25) is 0 Å². The highest BCUT2D eigenvalue weighted by atomic mass is 32.2. The molecule has 1 aliphatic heterocycles. The highest BCUT2D eigenvalue weighted by molar-refractivity contribution is 7.87. The van der Waals surface area contributed by atoms with Gasteiger partial charge in [0.15, 0.2) is 0 Å². The molecule has 0 spiro atoms. The number of hydrogen-bond acceptors (Lipinski definition) is 3. The summed E-state index contributed by atoms with van der Waals surface area (Å²) < 4.78 is 61.6. The molecule has 17 heavy (non-hydrogen) atoms. The monoisotopic (exact) mass is 275 g/mol. The number of hydrogen-bond donors (Lipinski definition) is 2. The van der Waals surface area contributed by atoms with Crippen molar-refractivity contribution in [2.45, 2.75) is 25.1 Å². The predicted molar refractivity (Wildman–Crippen MR) is 56.6 cm³/mol. The lowest BCUT2D eigenvalue weighted by atomic mass is 10.1. The van der Waals surface area contributed by atoms with Crippen LogP contribution in [0.15, 0.2) is 0 Å². The van der Waals surface area contributed by atoms with E-state index in [1.807, 2.05) is 0 Å². The van der Waals surface area contributed by atoms with Gasteiger partial charge in [-0.25, -0.2) is 0 Å². The van der Waals surface area contributed by atoms with Crippen LogP contribution < -0.4 is 10.0 Å². The maximum atomic E-state index is 11.9. The van der Waals surface area contributed by atoms with Crippen molar-refractivity contribution in [3.05, 3.63) is 0 Å². The SMILES string of the molecule is CNC1CCCN(S(=O)(=O)NCC(F)(F)F)C1. The largest absolute Gasteiger partial charge is 0.402 e. The van der Waals surface area contributed by atoms with Crippen LogP contribution >= 0.6 is 0 Å². The molecule has 0 saturated carbocycles. The van der Waals surface area contributed by atoms with E-state index < -0.39 is 22.9 Å². The lowest BCUT2D eigenvalue weighted by molar-refractivity contribution is -0.121. The van der Waals surface area contributed by atoms with Gasteiger partial charge in [-0.15, -0.1) is 0 Å². The Morgan fingerprint density at radius 3 is 2.59 bits per heavy atom. The molecular formula is C8H16F3N3O2S. The van der Waals surface area contributed by atoms with Crippen molar-refractivity contribution in [1.82, 2.24) is 14.3 Å². The minimum atomic E-state index is -4.54. The Bertz CT molecular complexity index is 344. The average Bonchev–Trinajstić information content (AvgIpc) is 2.26. The molecule has 1 fully saturated rings. The fourth-order valence-electron chi connectivity index (χ4n) is 1.66. The second kappa shape index (κ2) is 5.51. The van der Waals surface area contributed by atoms with Gasteiger partial charge in [-0.05, 0) is 19.9 Å². The molecule has 102 valence electrons. The van der Waals surface area contributed by atoms with E-state index in [9.17, 15) is 21.6 Å². The van der Waals surface area contributed by atoms with Crippen LogP contribution in [0.2, 0.25) is 0 Å². The molecular weight excluding hydrogens is 259 g/mol. The molecule has 0 aliphatic carbocycles. The summed E-state index contributed by atoms with van der Waals surface area (Å²) in [5.41, 5.74) is 0. The van der Waals surface area contributed by atoms with Crippen LogP contribution in [0.1, 0.15) is 12.8 Å². The Kier molecular flexibility index (Phi) is 4.76. The van der Waals surface area contributed by atoms with Gasteiger partial charge in [0.25, 0.3) is 10.2 Å². The average molecular weight is 275 g/mol. The summed E-state index contributed by atoms with van der Waals surface area (Å²) in [6, 6.07) is -0.00814. The molecule has 0 aromatic rings. The zero-order valence-corrected chi connectivity index (χ0v) is 10.2. The second-order valence-corrected chi connectivity index (χ2v) is 5.68. The molecule has 9 heteroatoms. The van der Waals surface area contributed by atoms with Crippen molar-refractivity contribution in [2.24, 2.45) is 0 Å². The van der Waals surface area contributed by atoms with Crippen LogP contribution in [-0.4, -0.2) is 51.6 Å². The van der Waals surface area contributed by atoms with E-state index in [1.165, 1.54) is 0 Å². The molecule has 0 bridgehead atoms. The third-order valence-corrected chi connectivity index (χ3v) is 4.11. The summed E-state index contributed by atoms with van der Waals surface area (Å²) in [5.74, 6) is 0. The van der Waals surface area contributed by atoms with E-state index in [4.69, 9.17) is 0 Å². The van der Waals surface area contributed by atoms with Crippen LogP contribution in [-0.2, 0) is 10.2 Å². The second-order valence-electron chi connectivity index (χ2n) is 3.93. The Labute approximate surface area is 98.5 Å². The Balaban J connectivity index is 2.57. The Morgan fingerprint density at radius 1 is 1.41 bits per heavy atom. The van der Waals surface area contributed by atoms with E-state index in [1.54, 1.807) is 11.8 Å². The summed E-state index contributed by atoms with van der Waals surface area (Å²) >= 11 is 0. The molecule has 1 unspecified atom stereocenters. The normalized spacial score (nSPS) is 23.9. The van der Waals surface area contributed by atoms with Gasteiger partial charge in [0.05, 0.1) is 0 Å². The van der Waals surface area contributed by atoms with Crippen molar-refractivity contribution < 1.29 is 21.6 Å². The van der Waals surface area contributed by atoms with Gasteiger partial charge < -0.3 is 5.32 Å². The minimum absolute atomic E-state index is 0.00814. The fraction of sp³-hybridized carbons (Fsp3) is 1.00. The van der Waals surface area contributed by atoms with Gasteiger partial charge in [-0.1, -0.05) is 0 Å². The van der Waals surface area contributed by atoms with E-state index in [0.717, 1.165) is 10.7 Å². The maximum absolute atomic E-state index is 11.9. The van der Waals surface area contributed by atoms with Crippen LogP contribution in [0.25, 0.3) is 0 Å². The molecule has 1 atom stereocenters. The van der Waals surface area contributed by atoms with Crippen molar-refractivity contribution in [3.63, 3.8) is 0 Å². The quantitative estimate of drug-likeness (QED) is 0.763. The first-order valence-corrected chi connectivity index (χ1v) is 6.67. The van der Waals surface area contributed by atoms with Crippen molar-refractivity contribution in [1.29, 1.82) is 0 Å². The van der Waals surface area contributed by atoms with E-state index >= 15 is 0 Å².